The Bertz CT molecular complexity index is 841. The molecule has 0 radical (unpaired) electrons. The molecule has 2 heterocycles. The van der Waals surface area contributed by atoms with Crippen molar-refractivity contribution in [3.05, 3.63) is 47.8 Å². The van der Waals surface area contributed by atoms with Crippen LogP contribution in [0.15, 0.2) is 41.8 Å². The third kappa shape index (κ3) is 4.34. The normalized spacial score (nSPS) is 9.61. The van der Waals surface area contributed by atoms with Gasteiger partial charge in [0.25, 0.3) is 0 Å². The van der Waals surface area contributed by atoms with Gasteiger partial charge in [-0.25, -0.2) is 15.5 Å². The maximum Gasteiger partial charge on any atom is 0.126 e. The van der Waals surface area contributed by atoms with Crippen LogP contribution in [-0.2, 0) is 0 Å². The molecule has 23 heavy (non-hydrogen) atoms. The lowest BCUT2D eigenvalue weighted by molar-refractivity contribution is 1.26. The zero-order valence-corrected chi connectivity index (χ0v) is 13.2. The van der Waals surface area contributed by atoms with E-state index in [9.17, 15) is 0 Å². The van der Waals surface area contributed by atoms with E-state index in [-0.39, 0.29) is 0 Å². The van der Waals surface area contributed by atoms with Crippen molar-refractivity contribution in [1.82, 2.24) is 9.97 Å². The summed E-state index contributed by atoms with van der Waals surface area (Å²) in [5.74, 6) is 5.17. The van der Waals surface area contributed by atoms with Gasteiger partial charge in [-0.1, -0.05) is 6.07 Å². The molecule has 0 aliphatic heterocycles. The number of aryl methyl sites for hydroxylation is 1. The van der Waals surface area contributed by atoms with Crippen molar-refractivity contribution in [2.45, 2.75) is 6.92 Å². The van der Waals surface area contributed by atoms with Crippen molar-refractivity contribution in [2.75, 3.05) is 0 Å². The average molecular weight is 322 g/mol. The highest BCUT2D eigenvalue weighted by atomic mass is 32.1. The van der Waals surface area contributed by atoms with Crippen molar-refractivity contribution in [3.63, 3.8) is 0 Å². The van der Waals surface area contributed by atoms with Crippen LogP contribution < -0.4 is 5.84 Å². The monoisotopic (exact) mass is 322 g/mol. The van der Waals surface area contributed by atoms with Crippen LogP contribution in [0.25, 0.3) is 20.8 Å². The summed E-state index contributed by atoms with van der Waals surface area (Å²) in [5.41, 5.74) is 4.14. The molecule has 7 heteroatoms. The van der Waals surface area contributed by atoms with E-state index < -0.39 is 0 Å². The number of pyridine rings is 1. The number of benzene rings is 1. The van der Waals surface area contributed by atoms with Gasteiger partial charge in [-0.3, -0.25) is 4.98 Å². The summed E-state index contributed by atoms with van der Waals surface area (Å²) in [5, 5.41) is 17.5. The predicted molar refractivity (Wildman–Crippen MR) is 92.7 cm³/mol. The maximum absolute atomic E-state index is 6.50. The van der Waals surface area contributed by atoms with E-state index in [1.165, 1.54) is 0 Å². The maximum atomic E-state index is 6.50. The number of nitriles is 2. The number of rotatable bonds is 2. The Balaban J connectivity index is 0.000000615. The molecule has 6 nitrogen and oxygen atoms in total. The Labute approximate surface area is 138 Å². The van der Waals surface area contributed by atoms with E-state index in [4.69, 9.17) is 16.4 Å². The van der Waals surface area contributed by atoms with Crippen LogP contribution in [0, 0.1) is 30.6 Å². The molecule has 0 aliphatic rings. The van der Waals surface area contributed by atoms with Crippen molar-refractivity contribution in [2.24, 2.45) is 10.9 Å². The third-order valence-corrected chi connectivity index (χ3v) is 3.83. The molecule has 0 amide bonds. The van der Waals surface area contributed by atoms with E-state index in [0.29, 0.717) is 0 Å². The second-order valence-corrected chi connectivity index (χ2v) is 5.31. The van der Waals surface area contributed by atoms with Gasteiger partial charge in [0.1, 0.15) is 5.01 Å². The predicted octanol–water partition coefficient (Wildman–Crippen LogP) is 3.24. The van der Waals surface area contributed by atoms with Gasteiger partial charge in [0.15, 0.2) is 0 Å². The minimum Gasteiger partial charge on any atom is -0.323 e. The van der Waals surface area contributed by atoms with E-state index >= 15 is 0 Å². The van der Waals surface area contributed by atoms with Crippen molar-refractivity contribution >= 4 is 27.8 Å². The number of hydrazone groups is 1. The first-order chi connectivity index (χ1) is 11.3. The quantitative estimate of drug-likeness (QED) is 0.442. The third-order valence-electron chi connectivity index (χ3n) is 2.76. The zero-order chi connectivity index (χ0) is 17.2. The van der Waals surface area contributed by atoms with E-state index in [2.05, 4.69) is 34.3 Å². The molecular formula is C16H14N6S. The van der Waals surface area contributed by atoms with Crippen LogP contribution in [0.2, 0.25) is 0 Å². The minimum atomic E-state index is 0.979. The van der Waals surface area contributed by atoms with Gasteiger partial charge in [0.2, 0.25) is 0 Å². The van der Waals surface area contributed by atoms with Crippen LogP contribution in [0.5, 0.6) is 0 Å². The van der Waals surface area contributed by atoms with Gasteiger partial charge in [-0.05, 0) is 36.2 Å². The summed E-state index contributed by atoms with van der Waals surface area (Å²) in [6, 6.07) is 8.06. The Morgan fingerprint density at radius 2 is 1.91 bits per heavy atom. The minimum absolute atomic E-state index is 0.979. The summed E-state index contributed by atoms with van der Waals surface area (Å²) in [7, 11) is 0. The number of hydrogen-bond acceptors (Lipinski definition) is 7. The van der Waals surface area contributed by atoms with E-state index in [1.807, 2.05) is 37.5 Å². The highest BCUT2D eigenvalue weighted by Crippen LogP contribution is 2.30. The fraction of sp³-hybridized carbons (Fsp3) is 0.0625. The molecule has 114 valence electrons. The lowest BCUT2D eigenvalue weighted by Gasteiger charge is -1.95. The highest BCUT2D eigenvalue weighted by molar-refractivity contribution is 7.21. The topological polar surface area (TPSA) is 112 Å². The Hall–Kier alpha value is -3.29. The SMILES string of the molecule is C#N.C#N.Cc1cncc(-c2nc3ccc(C=NN)cc3s2)c1. The molecule has 0 aliphatic carbocycles. The number of nitrogens with zero attached hydrogens (tertiary/aromatic N) is 5. The molecule has 0 saturated heterocycles. The smallest absolute Gasteiger partial charge is 0.126 e. The molecule has 1 aromatic carbocycles. The number of aromatic nitrogens is 2. The van der Waals surface area contributed by atoms with Crippen LogP contribution in [0.4, 0.5) is 0 Å². The first-order valence-corrected chi connectivity index (χ1v) is 7.15. The average Bonchev–Trinajstić information content (AvgIpc) is 3.02. The van der Waals surface area contributed by atoms with Gasteiger partial charge in [-0.15, -0.1) is 11.3 Å². The standard InChI is InChI=1S/C14H12N4S.2CHN/c1-9-4-11(8-16-6-9)14-18-12-3-2-10(7-17-15)5-13(12)19-14;2*1-2/h2-8H,15H2,1H3;2*1H. The summed E-state index contributed by atoms with van der Waals surface area (Å²) in [4.78, 5) is 8.83. The summed E-state index contributed by atoms with van der Waals surface area (Å²) in [6.45, 7) is 9.03. The molecule has 2 N–H and O–H groups in total. The molecule has 3 aromatic rings. The van der Waals surface area contributed by atoms with Crippen molar-refractivity contribution < 1.29 is 0 Å². The molecule has 0 fully saturated rings. The first-order valence-electron chi connectivity index (χ1n) is 6.34. The van der Waals surface area contributed by atoms with Crippen LogP contribution >= 0.6 is 11.3 Å². The zero-order valence-electron chi connectivity index (χ0n) is 12.4. The molecular weight excluding hydrogens is 308 g/mol. The highest BCUT2D eigenvalue weighted by Gasteiger charge is 2.07. The van der Waals surface area contributed by atoms with Gasteiger partial charge in [0, 0.05) is 31.1 Å². The first kappa shape index (κ1) is 17.8. The second kappa shape index (κ2) is 8.88. The molecule has 2 aromatic heterocycles. The van der Waals surface area contributed by atoms with Gasteiger partial charge >= 0.3 is 0 Å². The Kier molecular flexibility index (Phi) is 6.86. The lowest BCUT2D eigenvalue weighted by atomic mass is 10.2. The second-order valence-electron chi connectivity index (χ2n) is 4.28. The summed E-state index contributed by atoms with van der Waals surface area (Å²) >= 11 is 1.65. The number of thiazole rings is 1. The molecule has 3 rings (SSSR count). The van der Waals surface area contributed by atoms with E-state index in [0.717, 1.165) is 31.9 Å². The van der Waals surface area contributed by atoms with Crippen LogP contribution in [0.1, 0.15) is 11.1 Å². The van der Waals surface area contributed by atoms with Gasteiger partial charge < -0.3 is 5.84 Å². The molecule has 0 unspecified atom stereocenters. The Morgan fingerprint density at radius 1 is 1.17 bits per heavy atom. The Morgan fingerprint density at radius 3 is 2.57 bits per heavy atom. The number of nitrogens with two attached hydrogens (primary N) is 1. The van der Waals surface area contributed by atoms with E-state index in [1.54, 1.807) is 17.6 Å². The summed E-state index contributed by atoms with van der Waals surface area (Å²) < 4.78 is 1.12. The largest absolute Gasteiger partial charge is 0.323 e. The number of fused-ring (bicyclic) bond motifs is 1. The van der Waals surface area contributed by atoms with Crippen LogP contribution in [-0.4, -0.2) is 16.2 Å². The molecule has 0 bridgehead atoms. The fourth-order valence-corrected chi connectivity index (χ4v) is 2.90. The van der Waals surface area contributed by atoms with Crippen LogP contribution in [0.3, 0.4) is 0 Å². The van der Waals surface area contributed by atoms with Gasteiger partial charge in [0.05, 0.1) is 16.4 Å². The molecule has 0 saturated carbocycles. The molecule has 0 atom stereocenters. The summed E-state index contributed by atoms with van der Waals surface area (Å²) in [6.07, 6.45) is 5.31. The lowest BCUT2D eigenvalue weighted by Crippen LogP contribution is -1.85. The van der Waals surface area contributed by atoms with Gasteiger partial charge in [-0.2, -0.15) is 5.10 Å². The fourth-order valence-electron chi connectivity index (χ4n) is 1.90. The number of hydrogen-bond donors (Lipinski definition) is 1. The van der Waals surface area contributed by atoms with Crippen molar-refractivity contribution in [1.29, 1.82) is 10.5 Å². The van der Waals surface area contributed by atoms with Crippen molar-refractivity contribution in [3.8, 4) is 23.7 Å². The molecule has 0 spiro atoms.